The predicted molar refractivity (Wildman–Crippen MR) is 82.4 cm³/mol. The van der Waals surface area contributed by atoms with Gasteiger partial charge in [0.1, 0.15) is 5.70 Å². The lowest BCUT2D eigenvalue weighted by Gasteiger charge is -2.12. The molecule has 0 radical (unpaired) electrons. The van der Waals surface area contributed by atoms with Crippen molar-refractivity contribution in [1.29, 1.82) is 0 Å². The van der Waals surface area contributed by atoms with E-state index >= 15 is 0 Å². The fourth-order valence-electron chi connectivity index (χ4n) is 1.64. The van der Waals surface area contributed by atoms with Crippen LogP contribution in [0.3, 0.4) is 0 Å². The van der Waals surface area contributed by atoms with Gasteiger partial charge in [-0.05, 0) is 52.8 Å². The van der Waals surface area contributed by atoms with Crippen molar-refractivity contribution in [3.63, 3.8) is 0 Å². The van der Waals surface area contributed by atoms with Gasteiger partial charge in [0.15, 0.2) is 5.11 Å². The minimum absolute atomic E-state index is 0.0297. The normalized spacial score (nSPS) is 17.7. The highest BCUT2D eigenvalue weighted by atomic mass is 79.9. The van der Waals surface area contributed by atoms with E-state index in [1.54, 1.807) is 16.2 Å². The van der Waals surface area contributed by atoms with Crippen molar-refractivity contribution in [3.8, 4) is 0 Å². The molecule has 6 heteroatoms. The van der Waals surface area contributed by atoms with Crippen LogP contribution in [-0.2, 0) is 4.79 Å². The summed E-state index contributed by atoms with van der Waals surface area (Å²) < 4.78 is 1.05. The lowest BCUT2D eigenvalue weighted by Crippen LogP contribution is -2.31. The molecular weight excluding hydrogens is 332 g/mol. The van der Waals surface area contributed by atoms with Crippen molar-refractivity contribution in [3.05, 3.63) is 26.5 Å². The van der Waals surface area contributed by atoms with Gasteiger partial charge in [0, 0.05) is 11.4 Å². The van der Waals surface area contributed by atoms with Crippen LogP contribution in [0.1, 0.15) is 24.6 Å². The van der Waals surface area contributed by atoms with Crippen LogP contribution in [0.4, 0.5) is 0 Å². The van der Waals surface area contributed by atoms with Crippen molar-refractivity contribution >= 4 is 56.6 Å². The molecule has 0 bridgehead atoms. The number of nitrogens with one attached hydrogen (secondary N) is 1. The number of rotatable bonds is 4. The Kier molecular flexibility index (Phi) is 4.53. The zero-order chi connectivity index (χ0) is 13.1. The second-order valence-corrected chi connectivity index (χ2v) is 6.82. The number of carbonyl (C=O) groups is 1. The molecule has 0 saturated carbocycles. The summed E-state index contributed by atoms with van der Waals surface area (Å²) in [6.07, 6.45) is 3.85. The fourth-order valence-corrected chi connectivity index (χ4v) is 3.29. The van der Waals surface area contributed by atoms with Gasteiger partial charge in [0.2, 0.25) is 0 Å². The van der Waals surface area contributed by atoms with Gasteiger partial charge in [0.05, 0.1) is 3.79 Å². The van der Waals surface area contributed by atoms with Crippen molar-refractivity contribution in [2.45, 2.75) is 19.8 Å². The number of hydrogen-bond acceptors (Lipinski definition) is 3. The van der Waals surface area contributed by atoms with Crippen LogP contribution in [0.5, 0.6) is 0 Å². The third-order valence-corrected chi connectivity index (χ3v) is 4.47. The van der Waals surface area contributed by atoms with Crippen LogP contribution in [0.2, 0.25) is 0 Å². The van der Waals surface area contributed by atoms with Gasteiger partial charge in [-0.15, -0.1) is 11.3 Å². The van der Waals surface area contributed by atoms with E-state index in [0.717, 1.165) is 21.5 Å². The van der Waals surface area contributed by atoms with Gasteiger partial charge in [-0.1, -0.05) is 13.3 Å². The topological polar surface area (TPSA) is 32.3 Å². The molecule has 1 amide bonds. The van der Waals surface area contributed by atoms with E-state index in [1.807, 2.05) is 18.2 Å². The van der Waals surface area contributed by atoms with E-state index in [9.17, 15) is 4.79 Å². The van der Waals surface area contributed by atoms with E-state index in [1.165, 1.54) is 0 Å². The van der Waals surface area contributed by atoms with Crippen LogP contribution < -0.4 is 5.32 Å². The zero-order valence-corrected chi connectivity index (χ0v) is 13.1. The second-order valence-electron chi connectivity index (χ2n) is 3.94. The first kappa shape index (κ1) is 13.7. The van der Waals surface area contributed by atoms with Gasteiger partial charge >= 0.3 is 0 Å². The molecule has 1 fully saturated rings. The minimum atomic E-state index is -0.0297. The molecule has 1 N–H and O–H groups in total. The van der Waals surface area contributed by atoms with E-state index in [2.05, 4.69) is 28.2 Å². The van der Waals surface area contributed by atoms with Crippen LogP contribution in [-0.4, -0.2) is 22.5 Å². The molecule has 1 saturated heterocycles. The first-order valence-corrected chi connectivity index (χ1v) is 7.73. The van der Waals surface area contributed by atoms with Crippen LogP contribution in [0.15, 0.2) is 21.6 Å². The maximum Gasteiger partial charge on any atom is 0.276 e. The Bertz CT molecular complexity index is 510. The minimum Gasteiger partial charge on any atom is -0.328 e. The molecule has 96 valence electrons. The highest BCUT2D eigenvalue weighted by Crippen LogP contribution is 2.25. The van der Waals surface area contributed by atoms with Crippen LogP contribution in [0.25, 0.3) is 6.08 Å². The molecule has 1 aliphatic rings. The summed E-state index contributed by atoms with van der Waals surface area (Å²) in [6.45, 7) is 2.78. The standard InChI is InChI=1S/C12H13BrN2OS2/c1-2-3-6-15-11(16)9(14-12(15)17)7-8-4-5-10(13)18-8/h4-5,7H,2-3,6H2,1H3,(H,14,17)/b9-7-. The highest BCUT2D eigenvalue weighted by molar-refractivity contribution is 9.11. The lowest BCUT2D eigenvalue weighted by atomic mass is 10.3. The molecular formula is C12H13BrN2OS2. The Labute approximate surface area is 124 Å². The second kappa shape index (κ2) is 5.95. The molecule has 2 heterocycles. The Morgan fingerprint density at radius 2 is 2.33 bits per heavy atom. The Morgan fingerprint density at radius 1 is 1.56 bits per heavy atom. The number of halogens is 1. The van der Waals surface area contributed by atoms with Crippen LogP contribution in [0, 0.1) is 0 Å². The highest BCUT2D eigenvalue weighted by Gasteiger charge is 2.29. The Balaban J connectivity index is 2.14. The average Bonchev–Trinajstić information content (AvgIpc) is 2.84. The van der Waals surface area contributed by atoms with Crippen molar-refractivity contribution in [1.82, 2.24) is 10.2 Å². The summed E-state index contributed by atoms with van der Waals surface area (Å²) in [7, 11) is 0. The third-order valence-electron chi connectivity index (χ3n) is 2.58. The summed E-state index contributed by atoms with van der Waals surface area (Å²) >= 11 is 10.2. The number of carbonyl (C=O) groups excluding carboxylic acids is 1. The number of amides is 1. The smallest absolute Gasteiger partial charge is 0.276 e. The number of unbranched alkanes of at least 4 members (excludes halogenated alkanes) is 1. The van der Waals surface area contributed by atoms with Crippen molar-refractivity contribution in [2.24, 2.45) is 0 Å². The van der Waals surface area contributed by atoms with Crippen LogP contribution >= 0.6 is 39.5 Å². The molecule has 0 aliphatic carbocycles. The first-order valence-electron chi connectivity index (χ1n) is 5.71. The van der Waals surface area contributed by atoms with E-state index < -0.39 is 0 Å². The van der Waals surface area contributed by atoms with Gasteiger partial charge in [0.25, 0.3) is 5.91 Å². The van der Waals surface area contributed by atoms with Gasteiger partial charge in [-0.2, -0.15) is 0 Å². The molecule has 1 aromatic heterocycles. The first-order chi connectivity index (χ1) is 8.61. The zero-order valence-electron chi connectivity index (χ0n) is 9.90. The maximum absolute atomic E-state index is 12.1. The number of thiophene rings is 1. The summed E-state index contributed by atoms with van der Waals surface area (Å²) in [4.78, 5) is 14.8. The monoisotopic (exact) mass is 344 g/mol. The lowest BCUT2D eigenvalue weighted by molar-refractivity contribution is -0.122. The molecule has 2 rings (SSSR count). The summed E-state index contributed by atoms with van der Waals surface area (Å²) in [5.74, 6) is -0.0297. The molecule has 3 nitrogen and oxygen atoms in total. The SMILES string of the molecule is CCCCN1C(=O)/C(=C/c2ccc(Br)s2)NC1=S. The van der Waals surface area contributed by atoms with E-state index in [4.69, 9.17) is 12.2 Å². The van der Waals surface area contributed by atoms with Gasteiger partial charge in [-0.3, -0.25) is 9.69 Å². The fraction of sp³-hybridized carbons (Fsp3) is 0.333. The molecule has 1 aromatic rings. The largest absolute Gasteiger partial charge is 0.328 e. The number of hydrogen-bond donors (Lipinski definition) is 1. The van der Waals surface area contributed by atoms with Gasteiger partial charge in [-0.25, -0.2) is 0 Å². The molecule has 0 aromatic carbocycles. The molecule has 0 unspecified atom stereocenters. The summed E-state index contributed by atoms with van der Waals surface area (Å²) in [6, 6.07) is 3.93. The predicted octanol–water partition coefficient (Wildman–Crippen LogP) is 3.37. The molecule has 0 spiro atoms. The third kappa shape index (κ3) is 2.99. The van der Waals surface area contributed by atoms with E-state index in [0.29, 0.717) is 17.4 Å². The Hall–Kier alpha value is -0.720. The number of thiocarbonyl (C=S) groups is 1. The number of nitrogens with zero attached hydrogens (tertiary/aromatic N) is 1. The average molecular weight is 345 g/mol. The summed E-state index contributed by atoms with van der Waals surface area (Å²) in [5.41, 5.74) is 0.561. The quantitative estimate of drug-likeness (QED) is 0.671. The maximum atomic E-state index is 12.1. The van der Waals surface area contributed by atoms with Crippen molar-refractivity contribution in [2.75, 3.05) is 6.54 Å². The Morgan fingerprint density at radius 3 is 2.94 bits per heavy atom. The summed E-state index contributed by atoms with van der Waals surface area (Å²) in [5, 5.41) is 3.49. The molecule has 18 heavy (non-hydrogen) atoms. The van der Waals surface area contributed by atoms with E-state index in [-0.39, 0.29) is 5.91 Å². The molecule has 0 atom stereocenters. The van der Waals surface area contributed by atoms with Gasteiger partial charge < -0.3 is 5.32 Å². The van der Waals surface area contributed by atoms with Crippen molar-refractivity contribution < 1.29 is 4.79 Å². The molecule has 1 aliphatic heterocycles.